The summed E-state index contributed by atoms with van der Waals surface area (Å²) in [6, 6.07) is 13.0. The Balaban J connectivity index is 2.20. The van der Waals surface area contributed by atoms with Crippen LogP contribution in [0.2, 0.25) is 0 Å². The van der Waals surface area contributed by atoms with Crippen molar-refractivity contribution in [1.82, 2.24) is 0 Å². The maximum atomic E-state index is 11.5. The molecule has 0 spiro atoms. The van der Waals surface area contributed by atoms with Crippen molar-refractivity contribution in [2.75, 3.05) is 7.11 Å². The molecule has 0 radical (unpaired) electrons. The van der Waals surface area contributed by atoms with Gasteiger partial charge in [0, 0.05) is 6.42 Å². The first-order chi connectivity index (χ1) is 10.5. The molecule has 0 aromatic heterocycles. The van der Waals surface area contributed by atoms with Crippen LogP contribution in [-0.2, 0) is 11.2 Å². The number of ether oxygens (including phenoxy) is 2. The summed E-state index contributed by atoms with van der Waals surface area (Å²) in [5.41, 5.74) is 2.97. The van der Waals surface area contributed by atoms with Gasteiger partial charge in [-0.15, -0.1) is 0 Å². The number of hydrogen-bond donors (Lipinski definition) is 1. The summed E-state index contributed by atoms with van der Waals surface area (Å²) in [4.78, 5) is 11.5. The molecular weight excluding hydrogens is 280 g/mol. The van der Waals surface area contributed by atoms with Crippen LogP contribution in [0.25, 0.3) is 0 Å². The van der Waals surface area contributed by atoms with Crippen molar-refractivity contribution in [3.63, 3.8) is 0 Å². The standard InChI is InChI=1S/C18H20O4/c1-12-4-7-15(8-5-12)22-17(18(19)20)11-14-10-13(2)6-9-16(14)21-3/h4-10,17H,11H2,1-3H3,(H,19,20)/t17-/m0/s1. The fourth-order valence-corrected chi connectivity index (χ4v) is 2.23. The molecule has 1 atom stereocenters. The van der Waals surface area contributed by atoms with Gasteiger partial charge >= 0.3 is 5.97 Å². The molecule has 2 aromatic carbocycles. The summed E-state index contributed by atoms with van der Waals surface area (Å²) in [6.07, 6.45) is -0.716. The van der Waals surface area contributed by atoms with Gasteiger partial charge in [0.15, 0.2) is 6.10 Å². The molecule has 2 aromatic rings. The van der Waals surface area contributed by atoms with Crippen molar-refractivity contribution in [3.8, 4) is 11.5 Å². The largest absolute Gasteiger partial charge is 0.496 e. The lowest BCUT2D eigenvalue weighted by Crippen LogP contribution is -2.29. The second-order valence-corrected chi connectivity index (χ2v) is 5.28. The summed E-state index contributed by atoms with van der Waals surface area (Å²) in [7, 11) is 1.57. The van der Waals surface area contributed by atoms with Crippen LogP contribution in [-0.4, -0.2) is 24.3 Å². The highest BCUT2D eigenvalue weighted by Gasteiger charge is 2.22. The van der Waals surface area contributed by atoms with E-state index in [1.54, 1.807) is 19.2 Å². The molecule has 0 amide bonds. The van der Waals surface area contributed by atoms with E-state index in [9.17, 15) is 9.90 Å². The van der Waals surface area contributed by atoms with Crippen LogP contribution < -0.4 is 9.47 Å². The van der Waals surface area contributed by atoms with Crippen molar-refractivity contribution < 1.29 is 19.4 Å². The Hall–Kier alpha value is -2.49. The van der Waals surface area contributed by atoms with Gasteiger partial charge in [-0.25, -0.2) is 4.79 Å². The molecule has 0 aliphatic rings. The van der Waals surface area contributed by atoms with Gasteiger partial charge in [-0.1, -0.05) is 35.4 Å². The van der Waals surface area contributed by atoms with Gasteiger partial charge in [0.05, 0.1) is 7.11 Å². The first kappa shape index (κ1) is 15.9. The lowest BCUT2D eigenvalue weighted by molar-refractivity contribution is -0.145. The first-order valence-corrected chi connectivity index (χ1v) is 7.09. The van der Waals surface area contributed by atoms with Crippen LogP contribution in [0.5, 0.6) is 11.5 Å². The van der Waals surface area contributed by atoms with Gasteiger partial charge in [-0.05, 0) is 37.6 Å². The summed E-state index contributed by atoms with van der Waals surface area (Å²) in [6.45, 7) is 3.93. The number of aryl methyl sites for hydroxylation is 2. The fraction of sp³-hybridized carbons (Fsp3) is 0.278. The normalized spacial score (nSPS) is 11.8. The second-order valence-electron chi connectivity index (χ2n) is 5.28. The molecule has 0 aliphatic heterocycles. The van der Waals surface area contributed by atoms with E-state index < -0.39 is 12.1 Å². The number of hydrogen-bond acceptors (Lipinski definition) is 3. The Labute approximate surface area is 130 Å². The minimum absolute atomic E-state index is 0.244. The monoisotopic (exact) mass is 300 g/mol. The van der Waals surface area contributed by atoms with Crippen LogP contribution >= 0.6 is 0 Å². The molecule has 0 fully saturated rings. The van der Waals surface area contributed by atoms with Crippen molar-refractivity contribution in [1.29, 1.82) is 0 Å². The molecule has 4 heteroatoms. The van der Waals surface area contributed by atoms with E-state index in [1.807, 2.05) is 44.2 Å². The van der Waals surface area contributed by atoms with Gasteiger partial charge in [0.2, 0.25) is 0 Å². The lowest BCUT2D eigenvalue weighted by Gasteiger charge is -2.17. The van der Waals surface area contributed by atoms with Crippen LogP contribution in [0.4, 0.5) is 0 Å². The summed E-state index contributed by atoms with van der Waals surface area (Å²) in [5.74, 6) is 0.220. The maximum Gasteiger partial charge on any atom is 0.345 e. The van der Waals surface area contributed by atoms with E-state index >= 15 is 0 Å². The molecule has 116 valence electrons. The SMILES string of the molecule is COc1ccc(C)cc1C[C@H](Oc1ccc(C)cc1)C(=O)O. The van der Waals surface area contributed by atoms with Gasteiger partial charge < -0.3 is 14.6 Å². The van der Waals surface area contributed by atoms with E-state index in [-0.39, 0.29) is 6.42 Å². The number of carboxylic acids is 1. The predicted octanol–water partition coefficient (Wildman–Crippen LogP) is 3.39. The number of methoxy groups -OCH3 is 1. The second kappa shape index (κ2) is 6.98. The minimum Gasteiger partial charge on any atom is -0.496 e. The molecular formula is C18H20O4. The Kier molecular flexibility index (Phi) is 5.04. The summed E-state index contributed by atoms with van der Waals surface area (Å²) < 4.78 is 10.9. The zero-order valence-corrected chi connectivity index (χ0v) is 13.0. The Bertz CT molecular complexity index is 647. The van der Waals surface area contributed by atoms with E-state index in [4.69, 9.17) is 9.47 Å². The van der Waals surface area contributed by atoms with E-state index in [0.717, 1.165) is 16.7 Å². The highest BCUT2D eigenvalue weighted by Crippen LogP contribution is 2.23. The minimum atomic E-state index is -0.996. The van der Waals surface area contributed by atoms with Crippen molar-refractivity contribution >= 4 is 5.97 Å². The third-order valence-electron chi connectivity index (χ3n) is 3.42. The average molecular weight is 300 g/mol. The third-order valence-corrected chi connectivity index (χ3v) is 3.42. The predicted molar refractivity (Wildman–Crippen MR) is 84.7 cm³/mol. The van der Waals surface area contributed by atoms with Crippen LogP contribution in [0.1, 0.15) is 16.7 Å². The molecule has 1 N–H and O–H groups in total. The smallest absolute Gasteiger partial charge is 0.345 e. The van der Waals surface area contributed by atoms with Crippen LogP contribution in [0, 0.1) is 13.8 Å². The Morgan fingerprint density at radius 3 is 2.32 bits per heavy atom. The average Bonchev–Trinajstić information content (AvgIpc) is 2.49. The summed E-state index contributed by atoms with van der Waals surface area (Å²) in [5, 5.41) is 9.42. The van der Waals surface area contributed by atoms with Gasteiger partial charge in [0.25, 0.3) is 0 Å². The van der Waals surface area contributed by atoms with Crippen molar-refractivity contribution in [3.05, 3.63) is 59.2 Å². The molecule has 0 saturated heterocycles. The number of carboxylic acid groups (broad SMARTS) is 1. The highest BCUT2D eigenvalue weighted by atomic mass is 16.5. The van der Waals surface area contributed by atoms with Gasteiger partial charge in [0.1, 0.15) is 11.5 Å². The number of rotatable bonds is 6. The molecule has 0 aliphatic carbocycles. The first-order valence-electron chi connectivity index (χ1n) is 7.09. The van der Waals surface area contributed by atoms with Crippen LogP contribution in [0.15, 0.2) is 42.5 Å². The number of aliphatic carboxylic acids is 1. The highest BCUT2D eigenvalue weighted by molar-refractivity contribution is 5.73. The van der Waals surface area contributed by atoms with E-state index in [0.29, 0.717) is 11.5 Å². The number of benzene rings is 2. The third kappa shape index (κ3) is 4.01. The van der Waals surface area contributed by atoms with Gasteiger partial charge in [-0.3, -0.25) is 0 Å². The molecule has 0 unspecified atom stereocenters. The number of carbonyl (C=O) groups is 1. The molecule has 4 nitrogen and oxygen atoms in total. The van der Waals surface area contributed by atoms with E-state index in [1.165, 1.54) is 0 Å². The van der Waals surface area contributed by atoms with Crippen molar-refractivity contribution in [2.24, 2.45) is 0 Å². The fourth-order valence-electron chi connectivity index (χ4n) is 2.23. The zero-order chi connectivity index (χ0) is 16.1. The lowest BCUT2D eigenvalue weighted by atomic mass is 10.0. The van der Waals surface area contributed by atoms with Crippen LogP contribution in [0.3, 0.4) is 0 Å². The molecule has 22 heavy (non-hydrogen) atoms. The quantitative estimate of drug-likeness (QED) is 0.888. The molecule has 0 heterocycles. The van der Waals surface area contributed by atoms with E-state index in [2.05, 4.69) is 0 Å². The van der Waals surface area contributed by atoms with Gasteiger partial charge in [-0.2, -0.15) is 0 Å². The molecule has 0 bridgehead atoms. The summed E-state index contributed by atoms with van der Waals surface area (Å²) >= 11 is 0. The zero-order valence-electron chi connectivity index (χ0n) is 13.0. The molecule has 0 saturated carbocycles. The topological polar surface area (TPSA) is 55.8 Å². The Morgan fingerprint density at radius 1 is 1.09 bits per heavy atom. The Morgan fingerprint density at radius 2 is 1.73 bits per heavy atom. The van der Waals surface area contributed by atoms with Crippen molar-refractivity contribution in [2.45, 2.75) is 26.4 Å². The maximum absolute atomic E-state index is 11.5. The molecule has 2 rings (SSSR count).